The first-order chi connectivity index (χ1) is 15.5. The predicted octanol–water partition coefficient (Wildman–Crippen LogP) is 5.17. The van der Waals surface area contributed by atoms with Gasteiger partial charge in [-0.15, -0.1) is 0 Å². The number of aryl methyl sites for hydroxylation is 3. The summed E-state index contributed by atoms with van der Waals surface area (Å²) in [5, 5.41) is 2.58. The van der Waals surface area contributed by atoms with Gasteiger partial charge in [0.15, 0.2) is 0 Å². The molecule has 5 nitrogen and oxygen atoms in total. The fraction of sp³-hybridized carbons (Fsp3) is 0.160. The second-order valence-corrected chi connectivity index (χ2v) is 7.90. The van der Waals surface area contributed by atoms with Crippen molar-refractivity contribution in [2.45, 2.75) is 19.3 Å². The summed E-state index contributed by atoms with van der Waals surface area (Å²) in [6, 6.07) is 11.5. The van der Waals surface area contributed by atoms with Crippen LogP contribution in [0.25, 0.3) is 22.5 Å². The molecule has 160 valence electrons. The minimum absolute atomic E-state index is 0.405. The molecule has 0 unspecified atom stereocenters. The molecule has 0 atom stereocenters. The van der Waals surface area contributed by atoms with Crippen LogP contribution in [0.1, 0.15) is 27.9 Å². The Labute approximate surface area is 183 Å². The molecule has 1 N–H and O–H groups in total. The Kier molecular flexibility index (Phi) is 5.01. The zero-order valence-electron chi connectivity index (χ0n) is 17.4. The number of carbonyl (C=O) groups is 1. The van der Waals surface area contributed by atoms with Gasteiger partial charge in [-0.05, 0) is 54.7 Å². The Bertz CT molecular complexity index is 1330. The van der Waals surface area contributed by atoms with Crippen molar-refractivity contribution >= 4 is 11.6 Å². The molecule has 2 heterocycles. The SMILES string of the molecule is Cn1cncc1-c1ccc2c(c1)-c1ncc(NC(=O)c3c(F)cccc3F)cc1CCC2. The van der Waals surface area contributed by atoms with Gasteiger partial charge in [0.1, 0.15) is 17.2 Å². The molecule has 1 amide bonds. The molecule has 32 heavy (non-hydrogen) atoms. The first-order valence-corrected chi connectivity index (χ1v) is 10.4. The molecule has 0 saturated carbocycles. The van der Waals surface area contributed by atoms with Gasteiger partial charge in [0.2, 0.25) is 0 Å². The average molecular weight is 430 g/mol. The number of aromatic nitrogens is 3. The lowest BCUT2D eigenvalue weighted by molar-refractivity contribution is 0.101. The maximum Gasteiger partial charge on any atom is 0.261 e. The second kappa shape index (κ2) is 8.00. The summed E-state index contributed by atoms with van der Waals surface area (Å²) in [4.78, 5) is 21.3. The number of fused-ring (bicyclic) bond motifs is 3. The van der Waals surface area contributed by atoms with Gasteiger partial charge in [-0.25, -0.2) is 13.8 Å². The van der Waals surface area contributed by atoms with E-state index in [-0.39, 0.29) is 0 Å². The lowest BCUT2D eigenvalue weighted by Crippen LogP contribution is -2.16. The molecule has 0 aliphatic heterocycles. The average Bonchev–Trinajstić information content (AvgIpc) is 3.11. The number of imidazole rings is 1. The van der Waals surface area contributed by atoms with E-state index in [9.17, 15) is 13.6 Å². The molecule has 2 aromatic carbocycles. The topological polar surface area (TPSA) is 59.8 Å². The number of amides is 1. The number of anilines is 1. The fourth-order valence-electron chi connectivity index (χ4n) is 4.20. The molecule has 2 aromatic heterocycles. The minimum atomic E-state index is -0.901. The van der Waals surface area contributed by atoms with E-state index in [0.717, 1.165) is 59.5 Å². The summed E-state index contributed by atoms with van der Waals surface area (Å²) in [5.74, 6) is -2.64. The van der Waals surface area contributed by atoms with Gasteiger partial charge in [0, 0.05) is 18.2 Å². The third-order valence-electron chi connectivity index (χ3n) is 5.78. The molecule has 4 aromatic rings. The number of carbonyl (C=O) groups excluding carboxylic acids is 1. The molecule has 1 aliphatic carbocycles. The van der Waals surface area contributed by atoms with Crippen molar-refractivity contribution in [2.24, 2.45) is 7.05 Å². The standard InChI is InChI=1S/C25H20F2N4O/c1-31-14-28-13-22(31)16-9-8-15-4-2-5-17-10-18(12-29-24(17)19(15)11-16)30-25(32)23-20(26)6-3-7-21(23)27/h3,6-14H,2,4-5H2,1H3,(H,30,32). The highest BCUT2D eigenvalue weighted by Gasteiger charge is 2.20. The van der Waals surface area contributed by atoms with E-state index in [1.54, 1.807) is 6.33 Å². The third kappa shape index (κ3) is 3.56. The summed E-state index contributed by atoms with van der Waals surface area (Å²) in [6.07, 6.45) is 7.76. The predicted molar refractivity (Wildman–Crippen MR) is 118 cm³/mol. The normalized spacial score (nSPS) is 12.6. The fourth-order valence-corrected chi connectivity index (χ4v) is 4.20. The van der Waals surface area contributed by atoms with Crippen molar-refractivity contribution in [3.8, 4) is 22.5 Å². The molecule has 5 rings (SSSR count). The molecule has 0 saturated heterocycles. The van der Waals surface area contributed by atoms with E-state index in [4.69, 9.17) is 0 Å². The van der Waals surface area contributed by atoms with Crippen molar-refractivity contribution in [1.82, 2.24) is 14.5 Å². The highest BCUT2D eigenvalue weighted by Crippen LogP contribution is 2.35. The second-order valence-electron chi connectivity index (χ2n) is 7.90. The van der Waals surface area contributed by atoms with Crippen LogP contribution < -0.4 is 5.32 Å². The smallest absolute Gasteiger partial charge is 0.261 e. The number of benzene rings is 2. The molecular weight excluding hydrogens is 410 g/mol. The lowest BCUT2D eigenvalue weighted by atomic mass is 9.97. The summed E-state index contributed by atoms with van der Waals surface area (Å²) in [6.45, 7) is 0. The third-order valence-corrected chi connectivity index (χ3v) is 5.78. The summed E-state index contributed by atoms with van der Waals surface area (Å²) in [5.41, 5.74) is 5.97. The van der Waals surface area contributed by atoms with Crippen LogP contribution >= 0.6 is 0 Å². The molecule has 0 spiro atoms. The number of pyridine rings is 1. The van der Waals surface area contributed by atoms with E-state index in [2.05, 4.69) is 33.5 Å². The van der Waals surface area contributed by atoms with E-state index in [1.807, 2.05) is 23.9 Å². The maximum atomic E-state index is 14.0. The highest BCUT2D eigenvalue weighted by molar-refractivity contribution is 6.04. The Hall–Kier alpha value is -3.87. The van der Waals surface area contributed by atoms with Crippen LogP contribution in [0.15, 0.2) is 61.2 Å². The number of nitrogens with one attached hydrogen (secondary N) is 1. The van der Waals surface area contributed by atoms with Gasteiger partial charge < -0.3 is 9.88 Å². The van der Waals surface area contributed by atoms with Gasteiger partial charge in [-0.3, -0.25) is 9.78 Å². The van der Waals surface area contributed by atoms with Gasteiger partial charge in [0.25, 0.3) is 5.91 Å². The molecule has 0 bridgehead atoms. The Balaban J connectivity index is 1.50. The van der Waals surface area contributed by atoms with Crippen LogP contribution in [0.2, 0.25) is 0 Å². The Morgan fingerprint density at radius 2 is 1.81 bits per heavy atom. The number of hydrogen-bond acceptors (Lipinski definition) is 3. The van der Waals surface area contributed by atoms with Crippen LogP contribution in [0.4, 0.5) is 14.5 Å². The molecule has 0 radical (unpaired) electrons. The quantitative estimate of drug-likeness (QED) is 0.488. The summed E-state index contributed by atoms with van der Waals surface area (Å²) >= 11 is 0. The zero-order chi connectivity index (χ0) is 22.2. The van der Waals surface area contributed by atoms with E-state index in [0.29, 0.717) is 5.69 Å². The molecule has 7 heteroatoms. The van der Waals surface area contributed by atoms with Crippen LogP contribution in [-0.4, -0.2) is 20.4 Å². The van der Waals surface area contributed by atoms with Crippen LogP contribution in [0.3, 0.4) is 0 Å². The van der Waals surface area contributed by atoms with Gasteiger partial charge in [-0.2, -0.15) is 0 Å². The number of hydrogen-bond donors (Lipinski definition) is 1. The minimum Gasteiger partial charge on any atom is -0.334 e. The number of halogens is 2. The summed E-state index contributed by atoms with van der Waals surface area (Å²) < 4.78 is 29.9. The number of nitrogens with zero attached hydrogens (tertiary/aromatic N) is 3. The van der Waals surface area contributed by atoms with Crippen LogP contribution in [0.5, 0.6) is 0 Å². The van der Waals surface area contributed by atoms with Crippen molar-refractivity contribution < 1.29 is 13.6 Å². The Morgan fingerprint density at radius 3 is 2.56 bits per heavy atom. The van der Waals surface area contributed by atoms with E-state index in [1.165, 1.54) is 17.8 Å². The first kappa shape index (κ1) is 20.1. The van der Waals surface area contributed by atoms with Crippen molar-refractivity contribution in [3.63, 3.8) is 0 Å². The van der Waals surface area contributed by atoms with Gasteiger partial charge >= 0.3 is 0 Å². The van der Waals surface area contributed by atoms with Crippen molar-refractivity contribution in [1.29, 1.82) is 0 Å². The molecule has 1 aliphatic rings. The zero-order valence-corrected chi connectivity index (χ0v) is 17.4. The maximum absolute atomic E-state index is 14.0. The van der Waals surface area contributed by atoms with Crippen LogP contribution in [-0.2, 0) is 19.9 Å². The Morgan fingerprint density at radius 1 is 1.03 bits per heavy atom. The highest BCUT2D eigenvalue weighted by atomic mass is 19.1. The van der Waals surface area contributed by atoms with E-state index < -0.39 is 23.1 Å². The van der Waals surface area contributed by atoms with Crippen molar-refractivity contribution in [2.75, 3.05) is 5.32 Å². The molecule has 0 fully saturated rings. The van der Waals surface area contributed by atoms with Crippen molar-refractivity contribution in [3.05, 3.63) is 89.5 Å². The van der Waals surface area contributed by atoms with Crippen LogP contribution in [0, 0.1) is 11.6 Å². The van der Waals surface area contributed by atoms with Gasteiger partial charge in [-0.1, -0.05) is 18.2 Å². The largest absolute Gasteiger partial charge is 0.334 e. The number of rotatable bonds is 3. The lowest BCUT2D eigenvalue weighted by Gasteiger charge is -2.13. The molecular formula is C25H20F2N4O. The monoisotopic (exact) mass is 430 g/mol. The van der Waals surface area contributed by atoms with E-state index >= 15 is 0 Å². The van der Waals surface area contributed by atoms with Gasteiger partial charge in [0.05, 0.1) is 35.8 Å². The first-order valence-electron chi connectivity index (χ1n) is 10.4. The summed E-state index contributed by atoms with van der Waals surface area (Å²) in [7, 11) is 1.95.